The van der Waals surface area contributed by atoms with E-state index in [1.165, 1.54) is 44.2 Å². The number of ether oxygens (including phenoxy) is 2. The Balaban J connectivity index is 3.15. The molecule has 0 saturated carbocycles. The molecule has 10 nitrogen and oxygen atoms in total. The number of hydrogen-bond donors (Lipinski definition) is 3. The van der Waals surface area contributed by atoms with Gasteiger partial charge in [0.05, 0.1) is 31.0 Å². The molecule has 30 heavy (non-hydrogen) atoms. The molecule has 0 aliphatic carbocycles. The molecule has 0 bridgehead atoms. The summed E-state index contributed by atoms with van der Waals surface area (Å²) in [4.78, 5) is 47.2. The summed E-state index contributed by atoms with van der Waals surface area (Å²) in [6.45, 7) is 0. The number of aliphatic carboxylic acids is 1. The van der Waals surface area contributed by atoms with E-state index in [2.05, 4.69) is 20.1 Å². The average Bonchev–Trinajstić information content (AvgIpc) is 2.75. The fourth-order valence-corrected chi connectivity index (χ4v) is 2.70. The lowest BCUT2D eigenvalue weighted by Crippen LogP contribution is -2.41. The molecule has 0 heterocycles. The van der Waals surface area contributed by atoms with Crippen LogP contribution in [-0.4, -0.2) is 61.2 Å². The lowest BCUT2D eigenvalue weighted by atomic mass is 10.1. The molecule has 0 aliphatic heterocycles. The Hall–Kier alpha value is -3.52. The van der Waals surface area contributed by atoms with E-state index in [1.807, 2.05) is 0 Å². The number of carbonyl (C=O) groups is 4. The van der Waals surface area contributed by atoms with E-state index in [1.54, 1.807) is 12.3 Å². The maximum absolute atomic E-state index is 12.3. The predicted octanol–water partition coefficient (Wildman–Crippen LogP) is 1.40. The Morgan fingerprint density at radius 1 is 1.23 bits per heavy atom. The van der Waals surface area contributed by atoms with E-state index in [0.717, 1.165) is 6.20 Å². The van der Waals surface area contributed by atoms with Crippen molar-refractivity contribution in [2.75, 3.05) is 31.5 Å². The number of anilines is 1. The van der Waals surface area contributed by atoms with E-state index in [0.29, 0.717) is 5.75 Å². The molecular formula is C19H21N3O7S. The van der Waals surface area contributed by atoms with Crippen molar-refractivity contribution in [3.63, 3.8) is 0 Å². The highest BCUT2D eigenvalue weighted by Gasteiger charge is 2.22. The number of thioether (sulfide) groups is 1. The van der Waals surface area contributed by atoms with Crippen molar-refractivity contribution in [1.82, 2.24) is 5.32 Å². The first-order chi connectivity index (χ1) is 14.3. The summed E-state index contributed by atoms with van der Waals surface area (Å²) in [6.07, 6.45) is 2.99. The molecule has 0 aliphatic rings. The number of methoxy groups -OCH3 is 2. The van der Waals surface area contributed by atoms with E-state index in [9.17, 15) is 29.5 Å². The number of benzene rings is 1. The number of hydrogen-bond acceptors (Lipinski definition) is 9. The molecule has 11 heteroatoms. The highest BCUT2D eigenvalue weighted by atomic mass is 32.2. The van der Waals surface area contributed by atoms with Gasteiger partial charge in [-0.25, -0.2) is 14.4 Å². The fraction of sp³-hybridized carbons (Fsp3) is 0.316. The zero-order valence-corrected chi connectivity index (χ0v) is 17.4. The second-order valence-electron chi connectivity index (χ2n) is 5.70. The summed E-state index contributed by atoms with van der Waals surface area (Å²) in [6, 6.07) is 4.48. The zero-order valence-electron chi connectivity index (χ0n) is 16.6. The quantitative estimate of drug-likeness (QED) is 0.279. The van der Waals surface area contributed by atoms with Crippen molar-refractivity contribution >= 4 is 41.3 Å². The van der Waals surface area contributed by atoms with Gasteiger partial charge in [-0.15, -0.1) is 0 Å². The Morgan fingerprint density at radius 2 is 1.90 bits per heavy atom. The Labute approximate surface area is 177 Å². The number of amides is 1. The summed E-state index contributed by atoms with van der Waals surface area (Å²) >= 11 is 1.42. The van der Waals surface area contributed by atoms with Crippen LogP contribution < -0.4 is 10.6 Å². The molecule has 3 N–H and O–H groups in total. The number of carboxylic acids is 1. The Bertz CT molecular complexity index is 893. The van der Waals surface area contributed by atoms with Gasteiger partial charge in [-0.05, 0) is 36.6 Å². The van der Waals surface area contributed by atoms with Crippen LogP contribution in [0.15, 0.2) is 30.0 Å². The molecule has 1 amide bonds. The standard InChI is InChI=1S/C19H21N3O7S/c1-28-18(26)11-4-5-13(19(27)29-2)15(8-11)21-10-12(9-20)16(23)22-14(17(24)25)6-7-30-3/h4-5,8,10,14,21H,6-7H2,1-3H3,(H,22,23)(H,24,25)/b12-10-. The van der Waals surface area contributed by atoms with Crippen LogP contribution in [0, 0.1) is 11.3 Å². The predicted molar refractivity (Wildman–Crippen MR) is 109 cm³/mol. The van der Waals surface area contributed by atoms with Gasteiger partial charge in [-0.1, -0.05) is 0 Å². The number of carbonyl (C=O) groups excluding carboxylic acids is 3. The van der Waals surface area contributed by atoms with Gasteiger partial charge in [0.25, 0.3) is 5.91 Å². The van der Waals surface area contributed by atoms with E-state index in [-0.39, 0.29) is 23.2 Å². The normalized spacial score (nSPS) is 11.6. The summed E-state index contributed by atoms with van der Waals surface area (Å²) in [5, 5.41) is 23.4. The lowest BCUT2D eigenvalue weighted by molar-refractivity contribution is -0.141. The third kappa shape index (κ3) is 6.82. The SMILES string of the molecule is COC(=O)c1ccc(C(=O)OC)c(N/C=C(/C#N)C(=O)NC(CCSC)C(=O)O)c1. The smallest absolute Gasteiger partial charge is 0.339 e. The molecule has 0 fully saturated rings. The summed E-state index contributed by atoms with van der Waals surface area (Å²) in [7, 11) is 2.36. The fourth-order valence-electron chi connectivity index (χ4n) is 2.22. The largest absolute Gasteiger partial charge is 0.480 e. The minimum absolute atomic E-state index is 0.0440. The van der Waals surface area contributed by atoms with Crippen molar-refractivity contribution in [3.05, 3.63) is 41.1 Å². The van der Waals surface area contributed by atoms with Crippen LogP contribution in [0.5, 0.6) is 0 Å². The molecule has 1 rings (SSSR count). The van der Waals surface area contributed by atoms with Crippen molar-refractivity contribution in [1.29, 1.82) is 5.26 Å². The van der Waals surface area contributed by atoms with Crippen LogP contribution in [0.25, 0.3) is 0 Å². The van der Waals surface area contributed by atoms with Crippen LogP contribution in [0.4, 0.5) is 5.69 Å². The van der Waals surface area contributed by atoms with Gasteiger partial charge < -0.3 is 25.2 Å². The van der Waals surface area contributed by atoms with Crippen LogP contribution in [-0.2, 0) is 19.1 Å². The zero-order chi connectivity index (χ0) is 22.7. The van der Waals surface area contributed by atoms with Crippen LogP contribution in [0.2, 0.25) is 0 Å². The monoisotopic (exact) mass is 435 g/mol. The first-order valence-electron chi connectivity index (χ1n) is 8.49. The van der Waals surface area contributed by atoms with E-state index >= 15 is 0 Å². The highest BCUT2D eigenvalue weighted by molar-refractivity contribution is 7.98. The van der Waals surface area contributed by atoms with Gasteiger partial charge in [-0.3, -0.25) is 4.79 Å². The number of carboxylic acid groups (broad SMARTS) is 1. The van der Waals surface area contributed by atoms with Gasteiger partial charge in [0.2, 0.25) is 0 Å². The minimum Gasteiger partial charge on any atom is -0.480 e. The molecule has 160 valence electrons. The highest BCUT2D eigenvalue weighted by Crippen LogP contribution is 2.20. The molecule has 1 aromatic rings. The Kier molecular flexibility index (Phi) is 9.91. The average molecular weight is 435 g/mol. The molecule has 0 aromatic heterocycles. The number of nitrogens with one attached hydrogen (secondary N) is 2. The van der Waals surface area contributed by atoms with Gasteiger partial charge in [0.15, 0.2) is 0 Å². The van der Waals surface area contributed by atoms with Crippen LogP contribution in [0.1, 0.15) is 27.1 Å². The van der Waals surface area contributed by atoms with Gasteiger partial charge in [-0.2, -0.15) is 17.0 Å². The lowest BCUT2D eigenvalue weighted by Gasteiger charge is -2.14. The number of nitrogens with zero attached hydrogens (tertiary/aromatic N) is 1. The van der Waals surface area contributed by atoms with Crippen molar-refractivity contribution in [3.8, 4) is 6.07 Å². The van der Waals surface area contributed by atoms with E-state index < -0.39 is 35.4 Å². The van der Waals surface area contributed by atoms with E-state index in [4.69, 9.17) is 0 Å². The molecule has 1 unspecified atom stereocenters. The van der Waals surface area contributed by atoms with Crippen LogP contribution >= 0.6 is 11.8 Å². The van der Waals surface area contributed by atoms with Gasteiger partial charge in [0, 0.05) is 6.20 Å². The summed E-state index contributed by atoms with van der Waals surface area (Å²) in [5.41, 5.74) is -0.179. The molecule has 1 aromatic carbocycles. The third-order valence-electron chi connectivity index (χ3n) is 3.80. The number of rotatable bonds is 10. The molecule has 0 spiro atoms. The maximum atomic E-state index is 12.3. The maximum Gasteiger partial charge on any atom is 0.339 e. The minimum atomic E-state index is -1.22. The Morgan fingerprint density at radius 3 is 2.43 bits per heavy atom. The summed E-state index contributed by atoms with van der Waals surface area (Å²) < 4.78 is 9.30. The van der Waals surface area contributed by atoms with Crippen molar-refractivity contribution in [2.24, 2.45) is 0 Å². The molecular weight excluding hydrogens is 414 g/mol. The molecule has 0 radical (unpaired) electrons. The van der Waals surface area contributed by atoms with Gasteiger partial charge >= 0.3 is 17.9 Å². The van der Waals surface area contributed by atoms with Crippen molar-refractivity contribution in [2.45, 2.75) is 12.5 Å². The van der Waals surface area contributed by atoms with Gasteiger partial charge in [0.1, 0.15) is 17.7 Å². The topological polar surface area (TPSA) is 155 Å². The third-order valence-corrected chi connectivity index (χ3v) is 4.44. The summed E-state index contributed by atoms with van der Waals surface area (Å²) in [5.74, 6) is -2.99. The first kappa shape index (κ1) is 24.5. The number of nitriles is 1. The second kappa shape index (κ2) is 12.1. The first-order valence-corrected chi connectivity index (χ1v) is 9.88. The van der Waals surface area contributed by atoms with Crippen LogP contribution in [0.3, 0.4) is 0 Å². The molecule has 1 atom stereocenters. The van der Waals surface area contributed by atoms with Crippen molar-refractivity contribution < 1.29 is 33.8 Å². The molecule has 0 saturated heterocycles. The number of esters is 2. The second-order valence-corrected chi connectivity index (χ2v) is 6.69.